The van der Waals surface area contributed by atoms with Crippen molar-refractivity contribution in [1.29, 1.82) is 0 Å². The van der Waals surface area contributed by atoms with Crippen LogP contribution in [0.15, 0.2) is 0 Å². The molecule has 1 radical (unpaired) electrons. The highest BCUT2D eigenvalue weighted by molar-refractivity contribution is 4.83. The summed E-state index contributed by atoms with van der Waals surface area (Å²) < 4.78 is 5.24. The summed E-state index contributed by atoms with van der Waals surface area (Å²) in [5, 5.41) is 0. The van der Waals surface area contributed by atoms with Gasteiger partial charge in [0.05, 0.1) is 0 Å². The SMILES string of the molecule is CCOCCC(C)[C](C)C. The minimum atomic E-state index is 0.714. The van der Waals surface area contributed by atoms with Gasteiger partial charge in [-0.2, -0.15) is 0 Å². The Hall–Kier alpha value is -0.0400. The van der Waals surface area contributed by atoms with Crippen LogP contribution >= 0.6 is 0 Å². The molecule has 0 saturated carbocycles. The molecule has 0 heterocycles. The quantitative estimate of drug-likeness (QED) is 0.538. The zero-order valence-electron chi connectivity index (χ0n) is 7.61. The second-order valence-electron chi connectivity index (χ2n) is 2.96. The maximum Gasteiger partial charge on any atom is 0.0468 e. The highest BCUT2D eigenvalue weighted by Gasteiger charge is 2.05. The lowest BCUT2D eigenvalue weighted by molar-refractivity contribution is 0.135. The largest absolute Gasteiger partial charge is 0.382 e. The van der Waals surface area contributed by atoms with Crippen LogP contribution in [0, 0.1) is 11.8 Å². The molecule has 0 aliphatic carbocycles. The Morgan fingerprint density at radius 2 is 2.00 bits per heavy atom. The Kier molecular flexibility index (Phi) is 5.70. The second kappa shape index (κ2) is 5.72. The lowest BCUT2D eigenvalue weighted by Crippen LogP contribution is -2.06. The minimum Gasteiger partial charge on any atom is -0.382 e. The predicted molar refractivity (Wildman–Crippen MR) is 44.9 cm³/mol. The predicted octanol–water partition coefficient (Wildman–Crippen LogP) is 2.66. The zero-order valence-corrected chi connectivity index (χ0v) is 7.61. The van der Waals surface area contributed by atoms with Crippen molar-refractivity contribution < 1.29 is 4.74 Å². The minimum absolute atomic E-state index is 0.714. The Balaban J connectivity index is 3.13. The molecule has 0 aliphatic rings. The van der Waals surface area contributed by atoms with Gasteiger partial charge in [-0.25, -0.2) is 0 Å². The van der Waals surface area contributed by atoms with Crippen molar-refractivity contribution in [3.63, 3.8) is 0 Å². The van der Waals surface area contributed by atoms with E-state index in [1.54, 1.807) is 0 Å². The molecular formula is C9H19O. The molecule has 1 atom stereocenters. The first kappa shape index (κ1) is 9.96. The summed E-state index contributed by atoms with van der Waals surface area (Å²) in [6, 6.07) is 0. The molecule has 1 nitrogen and oxygen atoms in total. The third kappa shape index (κ3) is 4.80. The molecule has 1 heteroatoms. The number of hydrogen-bond acceptors (Lipinski definition) is 1. The van der Waals surface area contributed by atoms with Gasteiger partial charge in [0.1, 0.15) is 0 Å². The standard InChI is InChI=1S/C9H19O/c1-5-10-7-6-9(4)8(2)3/h9H,5-7H2,1-4H3. The molecule has 0 bridgehead atoms. The van der Waals surface area contributed by atoms with Gasteiger partial charge in [-0.3, -0.25) is 0 Å². The van der Waals surface area contributed by atoms with Crippen molar-refractivity contribution in [2.24, 2.45) is 5.92 Å². The summed E-state index contributed by atoms with van der Waals surface area (Å²) in [5.74, 6) is 2.21. The molecule has 1 unspecified atom stereocenters. The normalized spacial score (nSPS) is 14.1. The Bertz CT molecular complexity index is 69.1. The van der Waals surface area contributed by atoms with E-state index >= 15 is 0 Å². The molecule has 0 spiro atoms. The lowest BCUT2D eigenvalue weighted by atomic mass is 9.95. The zero-order chi connectivity index (χ0) is 7.98. The van der Waals surface area contributed by atoms with E-state index in [0.717, 1.165) is 19.6 Å². The molecule has 0 fully saturated rings. The summed E-state index contributed by atoms with van der Waals surface area (Å²) in [7, 11) is 0. The van der Waals surface area contributed by atoms with Crippen molar-refractivity contribution in [3.8, 4) is 0 Å². The van der Waals surface area contributed by atoms with Gasteiger partial charge in [0.2, 0.25) is 0 Å². The smallest absolute Gasteiger partial charge is 0.0468 e. The van der Waals surface area contributed by atoms with Crippen LogP contribution in [0.2, 0.25) is 0 Å². The summed E-state index contributed by atoms with van der Waals surface area (Å²) in [5.41, 5.74) is 0. The molecule has 0 amide bonds. The molecule has 0 N–H and O–H groups in total. The average molecular weight is 143 g/mol. The molecule has 0 aromatic heterocycles. The molecule has 0 saturated heterocycles. The van der Waals surface area contributed by atoms with Crippen LogP contribution in [0.1, 0.15) is 34.1 Å². The monoisotopic (exact) mass is 143 g/mol. The lowest BCUT2D eigenvalue weighted by Gasteiger charge is -2.13. The molecule has 0 rings (SSSR count). The van der Waals surface area contributed by atoms with Crippen molar-refractivity contribution in [1.82, 2.24) is 0 Å². The Labute approximate surface area is 64.8 Å². The molecule has 0 aliphatic heterocycles. The van der Waals surface area contributed by atoms with E-state index in [4.69, 9.17) is 4.74 Å². The van der Waals surface area contributed by atoms with E-state index in [0.29, 0.717) is 5.92 Å². The molecule has 0 aromatic rings. The van der Waals surface area contributed by atoms with Crippen LogP contribution in [0.3, 0.4) is 0 Å². The van der Waals surface area contributed by atoms with Crippen LogP contribution in [-0.2, 0) is 4.74 Å². The second-order valence-corrected chi connectivity index (χ2v) is 2.96. The van der Waals surface area contributed by atoms with Crippen molar-refractivity contribution in [2.45, 2.75) is 34.1 Å². The maximum atomic E-state index is 5.24. The van der Waals surface area contributed by atoms with Gasteiger partial charge >= 0.3 is 0 Å². The van der Waals surface area contributed by atoms with E-state index in [2.05, 4.69) is 20.8 Å². The van der Waals surface area contributed by atoms with E-state index in [1.807, 2.05) is 6.92 Å². The van der Waals surface area contributed by atoms with Crippen LogP contribution in [0.4, 0.5) is 0 Å². The van der Waals surface area contributed by atoms with Gasteiger partial charge < -0.3 is 4.74 Å². The third-order valence-corrected chi connectivity index (χ3v) is 1.88. The molecular weight excluding hydrogens is 124 g/mol. The van der Waals surface area contributed by atoms with E-state index < -0.39 is 0 Å². The van der Waals surface area contributed by atoms with E-state index in [1.165, 1.54) is 5.92 Å². The molecule has 0 aromatic carbocycles. The Morgan fingerprint density at radius 3 is 2.40 bits per heavy atom. The van der Waals surface area contributed by atoms with Crippen LogP contribution in [-0.4, -0.2) is 13.2 Å². The van der Waals surface area contributed by atoms with Crippen LogP contribution in [0.25, 0.3) is 0 Å². The van der Waals surface area contributed by atoms with Gasteiger partial charge in [0, 0.05) is 13.2 Å². The van der Waals surface area contributed by atoms with E-state index in [9.17, 15) is 0 Å². The van der Waals surface area contributed by atoms with Gasteiger partial charge in [-0.05, 0) is 25.2 Å². The van der Waals surface area contributed by atoms with Gasteiger partial charge in [0.15, 0.2) is 0 Å². The summed E-state index contributed by atoms with van der Waals surface area (Å²) in [6.45, 7) is 10.4. The van der Waals surface area contributed by atoms with Gasteiger partial charge in [-0.15, -0.1) is 0 Å². The number of rotatable bonds is 5. The maximum absolute atomic E-state index is 5.24. The highest BCUT2D eigenvalue weighted by Crippen LogP contribution is 2.15. The molecule has 61 valence electrons. The van der Waals surface area contributed by atoms with Crippen molar-refractivity contribution >= 4 is 0 Å². The van der Waals surface area contributed by atoms with Crippen molar-refractivity contribution in [3.05, 3.63) is 5.92 Å². The van der Waals surface area contributed by atoms with E-state index in [-0.39, 0.29) is 0 Å². The third-order valence-electron chi connectivity index (χ3n) is 1.88. The fourth-order valence-electron chi connectivity index (χ4n) is 0.693. The summed E-state index contributed by atoms with van der Waals surface area (Å²) in [4.78, 5) is 0. The first-order valence-corrected chi connectivity index (χ1v) is 4.06. The fraction of sp³-hybridized carbons (Fsp3) is 0.889. The summed E-state index contributed by atoms with van der Waals surface area (Å²) in [6.07, 6.45) is 1.16. The average Bonchev–Trinajstić information content (AvgIpc) is 1.88. The Morgan fingerprint density at radius 1 is 1.40 bits per heavy atom. The highest BCUT2D eigenvalue weighted by atomic mass is 16.5. The topological polar surface area (TPSA) is 9.23 Å². The van der Waals surface area contributed by atoms with Gasteiger partial charge in [-0.1, -0.05) is 20.8 Å². The first-order valence-electron chi connectivity index (χ1n) is 4.06. The van der Waals surface area contributed by atoms with Crippen LogP contribution in [0.5, 0.6) is 0 Å². The van der Waals surface area contributed by atoms with Crippen molar-refractivity contribution in [2.75, 3.05) is 13.2 Å². The first-order chi connectivity index (χ1) is 4.68. The number of ether oxygens (including phenoxy) is 1. The molecule has 10 heavy (non-hydrogen) atoms. The fourth-order valence-corrected chi connectivity index (χ4v) is 0.693. The summed E-state index contributed by atoms with van der Waals surface area (Å²) >= 11 is 0. The van der Waals surface area contributed by atoms with Crippen LogP contribution < -0.4 is 0 Å². The number of hydrogen-bond donors (Lipinski definition) is 0. The van der Waals surface area contributed by atoms with Gasteiger partial charge in [0.25, 0.3) is 0 Å².